The van der Waals surface area contributed by atoms with Crippen LogP contribution >= 0.6 is 0 Å². The maximum Gasteiger partial charge on any atom is 0.374 e. The van der Waals surface area contributed by atoms with Gasteiger partial charge in [0.25, 0.3) is 0 Å². The maximum absolute atomic E-state index is 12.2. The minimum atomic E-state index is -3.37. The molecule has 8 heteroatoms. The van der Waals surface area contributed by atoms with Crippen molar-refractivity contribution in [2.45, 2.75) is 10.1 Å². The first-order valence-corrected chi connectivity index (χ1v) is 7.65. The zero-order chi connectivity index (χ0) is 15.0. The number of carboxylic acids is 1. The molecule has 0 unspecified atom stereocenters. The van der Waals surface area contributed by atoms with E-state index in [0.717, 1.165) is 0 Å². The van der Waals surface area contributed by atoms with Crippen molar-refractivity contribution in [2.75, 3.05) is 13.2 Å². The zero-order valence-corrected chi connectivity index (χ0v) is 11.5. The van der Waals surface area contributed by atoms with E-state index in [2.05, 4.69) is 9.68 Å². The van der Waals surface area contributed by atoms with Gasteiger partial charge in [-0.25, -0.2) is 13.2 Å². The van der Waals surface area contributed by atoms with Crippen LogP contribution in [-0.2, 0) is 14.6 Å². The number of benzene rings is 1. The second-order valence-electron chi connectivity index (χ2n) is 4.61. The summed E-state index contributed by atoms with van der Waals surface area (Å²) in [5, 5.41) is 11.9. The van der Waals surface area contributed by atoms with Crippen molar-refractivity contribution in [3.8, 4) is 11.3 Å². The Kier molecular flexibility index (Phi) is 3.26. The summed E-state index contributed by atoms with van der Waals surface area (Å²) in [6.07, 6.45) is 0. The monoisotopic (exact) mass is 309 g/mol. The van der Waals surface area contributed by atoms with Crippen molar-refractivity contribution in [3.63, 3.8) is 0 Å². The molecule has 1 fully saturated rings. The molecule has 2 aromatic rings. The van der Waals surface area contributed by atoms with E-state index >= 15 is 0 Å². The zero-order valence-electron chi connectivity index (χ0n) is 10.7. The summed E-state index contributed by atoms with van der Waals surface area (Å²) in [5.74, 6) is -1.48. The van der Waals surface area contributed by atoms with Crippen LogP contribution in [0.5, 0.6) is 0 Å². The fraction of sp³-hybridized carbons (Fsp3) is 0.231. The van der Waals surface area contributed by atoms with Crippen LogP contribution in [0.4, 0.5) is 0 Å². The average molecular weight is 309 g/mol. The van der Waals surface area contributed by atoms with E-state index in [1.165, 1.54) is 18.2 Å². The lowest BCUT2D eigenvalue weighted by Crippen LogP contribution is -2.40. The van der Waals surface area contributed by atoms with Gasteiger partial charge in [-0.05, 0) is 12.1 Å². The van der Waals surface area contributed by atoms with Gasteiger partial charge >= 0.3 is 5.97 Å². The van der Waals surface area contributed by atoms with Crippen molar-refractivity contribution in [2.24, 2.45) is 0 Å². The second kappa shape index (κ2) is 4.97. The van der Waals surface area contributed by atoms with Gasteiger partial charge in [-0.3, -0.25) is 0 Å². The van der Waals surface area contributed by atoms with Crippen molar-refractivity contribution in [1.29, 1.82) is 0 Å². The molecule has 1 saturated heterocycles. The third-order valence-electron chi connectivity index (χ3n) is 3.25. The molecule has 0 atom stereocenters. The van der Waals surface area contributed by atoms with E-state index in [0.29, 0.717) is 11.3 Å². The summed E-state index contributed by atoms with van der Waals surface area (Å²) in [5.41, 5.74) is 0.915. The lowest BCUT2D eigenvalue weighted by molar-refractivity contribution is 0.0416. The number of hydrogen-bond donors (Lipinski definition) is 1. The minimum Gasteiger partial charge on any atom is -0.475 e. The molecule has 0 saturated carbocycles. The Bertz CT molecular complexity index is 773. The fourth-order valence-corrected chi connectivity index (χ4v) is 3.36. The van der Waals surface area contributed by atoms with Crippen LogP contribution in [0.25, 0.3) is 11.3 Å². The number of rotatable bonds is 4. The van der Waals surface area contributed by atoms with Crippen LogP contribution in [0.3, 0.4) is 0 Å². The SMILES string of the molecule is O=C(O)c1cc(-c2ccc(S(=O)(=O)C3COC3)cc2)no1. The molecular formula is C13H11NO6S. The van der Waals surface area contributed by atoms with Crippen LogP contribution in [0, 0.1) is 0 Å². The summed E-state index contributed by atoms with van der Waals surface area (Å²) in [6, 6.07) is 7.35. The number of hydrogen-bond acceptors (Lipinski definition) is 6. The standard InChI is InChI=1S/C13H11NO6S/c15-13(16)12-5-11(14-20-12)8-1-3-9(4-2-8)21(17,18)10-6-19-7-10/h1-5,10H,6-7H2,(H,15,16). The third-order valence-corrected chi connectivity index (χ3v) is 5.32. The number of carboxylic acid groups (broad SMARTS) is 1. The van der Waals surface area contributed by atoms with Gasteiger partial charge in [-0.2, -0.15) is 0 Å². The Labute approximate surface area is 120 Å². The Balaban J connectivity index is 1.88. The minimum absolute atomic E-state index is 0.210. The Morgan fingerprint density at radius 2 is 1.90 bits per heavy atom. The van der Waals surface area contributed by atoms with Gasteiger partial charge in [0, 0.05) is 11.6 Å². The maximum atomic E-state index is 12.2. The van der Waals surface area contributed by atoms with E-state index in [4.69, 9.17) is 9.84 Å². The Morgan fingerprint density at radius 3 is 2.38 bits per heavy atom. The van der Waals surface area contributed by atoms with Crippen molar-refractivity contribution >= 4 is 15.8 Å². The van der Waals surface area contributed by atoms with E-state index in [1.807, 2.05) is 0 Å². The number of aromatic nitrogens is 1. The first-order chi connectivity index (χ1) is 9.98. The lowest BCUT2D eigenvalue weighted by atomic mass is 10.1. The molecule has 110 valence electrons. The van der Waals surface area contributed by atoms with Crippen LogP contribution in [0.2, 0.25) is 0 Å². The molecule has 1 aromatic carbocycles. The summed E-state index contributed by atoms with van der Waals surface area (Å²) in [7, 11) is -3.37. The highest BCUT2D eigenvalue weighted by Crippen LogP contribution is 2.25. The summed E-state index contributed by atoms with van der Waals surface area (Å²) >= 11 is 0. The molecule has 0 bridgehead atoms. The number of ether oxygens (including phenoxy) is 1. The molecule has 1 aliphatic rings. The number of sulfone groups is 1. The molecular weight excluding hydrogens is 298 g/mol. The second-order valence-corrected chi connectivity index (χ2v) is 6.84. The largest absolute Gasteiger partial charge is 0.475 e. The fourth-order valence-electron chi connectivity index (χ4n) is 1.91. The predicted molar refractivity (Wildman–Crippen MR) is 70.7 cm³/mol. The average Bonchev–Trinajstić information content (AvgIpc) is 2.86. The number of aromatic carboxylic acids is 1. The molecule has 21 heavy (non-hydrogen) atoms. The summed E-state index contributed by atoms with van der Waals surface area (Å²) < 4.78 is 33.9. The highest BCUT2D eigenvalue weighted by molar-refractivity contribution is 7.92. The van der Waals surface area contributed by atoms with Gasteiger partial charge in [0.05, 0.1) is 18.1 Å². The first kappa shape index (κ1) is 13.8. The van der Waals surface area contributed by atoms with Gasteiger partial charge in [0.1, 0.15) is 10.9 Å². The Hall–Kier alpha value is -2.19. The van der Waals surface area contributed by atoms with Crippen molar-refractivity contribution in [3.05, 3.63) is 36.1 Å². The van der Waals surface area contributed by atoms with Crippen LogP contribution < -0.4 is 0 Å². The normalized spacial score (nSPS) is 15.6. The smallest absolute Gasteiger partial charge is 0.374 e. The number of nitrogens with zero attached hydrogens (tertiary/aromatic N) is 1. The summed E-state index contributed by atoms with van der Waals surface area (Å²) in [4.78, 5) is 10.9. The van der Waals surface area contributed by atoms with E-state index in [1.54, 1.807) is 12.1 Å². The van der Waals surface area contributed by atoms with Gasteiger partial charge in [-0.1, -0.05) is 17.3 Å². The van der Waals surface area contributed by atoms with Crippen molar-refractivity contribution < 1.29 is 27.6 Å². The molecule has 0 aliphatic carbocycles. The van der Waals surface area contributed by atoms with Gasteiger partial charge < -0.3 is 14.4 Å². The first-order valence-electron chi connectivity index (χ1n) is 6.10. The van der Waals surface area contributed by atoms with E-state index in [9.17, 15) is 13.2 Å². The molecule has 0 spiro atoms. The molecule has 3 rings (SSSR count). The summed E-state index contributed by atoms with van der Waals surface area (Å²) in [6.45, 7) is 0.435. The molecule has 1 N–H and O–H groups in total. The molecule has 1 aliphatic heterocycles. The Morgan fingerprint density at radius 1 is 1.24 bits per heavy atom. The van der Waals surface area contributed by atoms with Crippen LogP contribution in [0.15, 0.2) is 39.8 Å². The highest BCUT2D eigenvalue weighted by atomic mass is 32.2. The van der Waals surface area contributed by atoms with Crippen LogP contribution in [0.1, 0.15) is 10.6 Å². The van der Waals surface area contributed by atoms with Crippen LogP contribution in [-0.4, -0.2) is 43.1 Å². The third kappa shape index (κ3) is 2.43. The quantitative estimate of drug-likeness (QED) is 0.904. The molecule has 0 radical (unpaired) electrons. The molecule has 7 nitrogen and oxygen atoms in total. The number of carbonyl (C=O) groups is 1. The molecule has 2 heterocycles. The van der Waals surface area contributed by atoms with Gasteiger partial charge in [0.2, 0.25) is 5.76 Å². The molecule has 0 amide bonds. The van der Waals surface area contributed by atoms with Crippen molar-refractivity contribution in [1.82, 2.24) is 5.16 Å². The lowest BCUT2D eigenvalue weighted by Gasteiger charge is -2.25. The highest BCUT2D eigenvalue weighted by Gasteiger charge is 2.33. The van der Waals surface area contributed by atoms with E-state index < -0.39 is 21.1 Å². The van der Waals surface area contributed by atoms with E-state index in [-0.39, 0.29) is 23.9 Å². The van der Waals surface area contributed by atoms with Gasteiger partial charge in [-0.15, -0.1) is 0 Å². The van der Waals surface area contributed by atoms with Gasteiger partial charge in [0.15, 0.2) is 9.84 Å². The predicted octanol–water partition coefficient (Wildman–Crippen LogP) is 1.21. The molecule has 1 aromatic heterocycles. The topological polar surface area (TPSA) is 107 Å².